The van der Waals surface area contributed by atoms with Crippen LogP contribution in [0.15, 0.2) is 30.3 Å². The summed E-state index contributed by atoms with van der Waals surface area (Å²) in [5.74, 6) is -0.277. The molecule has 0 fully saturated rings. The van der Waals surface area contributed by atoms with Crippen molar-refractivity contribution in [2.45, 2.75) is 26.3 Å². The predicted octanol–water partition coefficient (Wildman–Crippen LogP) is 1.59. The average Bonchev–Trinajstić information content (AvgIpc) is 2.52. The zero-order chi connectivity index (χ0) is 15.7. The molecule has 2 unspecified atom stereocenters. The summed E-state index contributed by atoms with van der Waals surface area (Å²) >= 11 is 0. The average molecular weight is 328 g/mol. The molecule has 124 valence electrons. The molecule has 1 rings (SSSR count). The number of benzene rings is 1. The van der Waals surface area contributed by atoms with Crippen molar-refractivity contribution in [3.05, 3.63) is 35.9 Å². The quantitative estimate of drug-likeness (QED) is 0.635. The van der Waals surface area contributed by atoms with Crippen LogP contribution in [0, 0.1) is 5.92 Å². The molecule has 0 aliphatic carbocycles. The van der Waals surface area contributed by atoms with E-state index in [0.29, 0.717) is 18.7 Å². The Morgan fingerprint density at radius 3 is 2.32 bits per heavy atom. The number of hydrogen-bond donors (Lipinski definition) is 3. The van der Waals surface area contributed by atoms with Gasteiger partial charge in [-0.2, -0.15) is 0 Å². The second kappa shape index (κ2) is 11.0. The van der Waals surface area contributed by atoms with Crippen molar-refractivity contribution < 1.29 is 9.59 Å². The number of carbonyl (C=O) groups excluding carboxylic acids is 2. The van der Waals surface area contributed by atoms with Crippen LogP contribution >= 0.6 is 12.4 Å². The third-order valence-corrected chi connectivity index (χ3v) is 3.49. The first-order valence-electron chi connectivity index (χ1n) is 7.38. The normalized spacial score (nSPS) is 12.7. The van der Waals surface area contributed by atoms with Gasteiger partial charge in [-0.05, 0) is 25.1 Å². The van der Waals surface area contributed by atoms with E-state index in [1.807, 2.05) is 27.0 Å². The van der Waals surface area contributed by atoms with Gasteiger partial charge >= 0.3 is 0 Å². The number of amides is 2. The largest absolute Gasteiger partial charge is 0.353 e. The molecule has 3 N–H and O–H groups in total. The fourth-order valence-corrected chi connectivity index (χ4v) is 1.94. The smallest absolute Gasteiger partial charge is 0.251 e. The molecule has 0 saturated heterocycles. The Bertz CT molecular complexity index is 454. The van der Waals surface area contributed by atoms with E-state index in [2.05, 4.69) is 16.0 Å². The van der Waals surface area contributed by atoms with Crippen LogP contribution in [0.5, 0.6) is 0 Å². The SMILES string of the molecule is CCC(C)C(NC(=O)c1ccccc1)C(=O)NCCNC.Cl. The first-order chi connectivity index (χ1) is 10.1. The molecule has 0 bridgehead atoms. The fourth-order valence-electron chi connectivity index (χ4n) is 1.94. The number of halogens is 1. The van der Waals surface area contributed by atoms with Crippen molar-refractivity contribution >= 4 is 24.2 Å². The van der Waals surface area contributed by atoms with Crippen LogP contribution in [0.3, 0.4) is 0 Å². The van der Waals surface area contributed by atoms with Crippen LogP contribution in [0.4, 0.5) is 0 Å². The Morgan fingerprint density at radius 2 is 1.77 bits per heavy atom. The van der Waals surface area contributed by atoms with Crippen molar-refractivity contribution in [2.75, 3.05) is 20.1 Å². The Balaban J connectivity index is 0.00000441. The van der Waals surface area contributed by atoms with Gasteiger partial charge in [0, 0.05) is 18.7 Å². The molecule has 0 heterocycles. The van der Waals surface area contributed by atoms with Crippen LogP contribution in [0.2, 0.25) is 0 Å². The maximum Gasteiger partial charge on any atom is 0.251 e. The lowest BCUT2D eigenvalue weighted by Crippen LogP contribution is -2.51. The maximum absolute atomic E-state index is 12.2. The van der Waals surface area contributed by atoms with Gasteiger partial charge in [0.2, 0.25) is 5.91 Å². The van der Waals surface area contributed by atoms with Gasteiger partial charge < -0.3 is 16.0 Å². The molecule has 0 aliphatic heterocycles. The van der Waals surface area contributed by atoms with Crippen molar-refractivity contribution in [3.63, 3.8) is 0 Å². The summed E-state index contributed by atoms with van der Waals surface area (Å²) in [6.45, 7) is 5.22. The third-order valence-electron chi connectivity index (χ3n) is 3.49. The van der Waals surface area contributed by atoms with Gasteiger partial charge in [0.25, 0.3) is 5.91 Å². The molecule has 2 atom stereocenters. The summed E-state index contributed by atoms with van der Waals surface area (Å²) in [5.41, 5.74) is 0.564. The predicted molar refractivity (Wildman–Crippen MR) is 91.3 cm³/mol. The van der Waals surface area contributed by atoms with E-state index < -0.39 is 6.04 Å². The fraction of sp³-hybridized carbons (Fsp3) is 0.500. The summed E-state index contributed by atoms with van der Waals surface area (Å²) in [4.78, 5) is 24.4. The molecule has 6 heteroatoms. The van der Waals surface area contributed by atoms with Crippen molar-refractivity contribution in [1.29, 1.82) is 0 Å². The molecule has 0 spiro atoms. The Kier molecular flexibility index (Phi) is 10.2. The van der Waals surface area contributed by atoms with E-state index in [9.17, 15) is 9.59 Å². The highest BCUT2D eigenvalue weighted by molar-refractivity contribution is 5.97. The third kappa shape index (κ3) is 6.45. The van der Waals surface area contributed by atoms with Crippen LogP contribution in [0.25, 0.3) is 0 Å². The maximum atomic E-state index is 12.2. The summed E-state index contributed by atoms with van der Waals surface area (Å²) in [6, 6.07) is 8.43. The standard InChI is InChI=1S/C16H25N3O2.ClH/c1-4-12(2)14(16(21)18-11-10-17-3)19-15(20)13-8-6-5-7-9-13;/h5-9,12,14,17H,4,10-11H2,1-3H3,(H,18,21)(H,19,20);1H. The van der Waals surface area contributed by atoms with Crippen LogP contribution in [-0.2, 0) is 4.79 Å². The number of carbonyl (C=O) groups is 2. The van der Waals surface area contributed by atoms with E-state index in [4.69, 9.17) is 0 Å². The zero-order valence-electron chi connectivity index (χ0n) is 13.4. The Morgan fingerprint density at radius 1 is 1.14 bits per heavy atom. The van der Waals surface area contributed by atoms with Crippen molar-refractivity contribution in [3.8, 4) is 0 Å². The monoisotopic (exact) mass is 327 g/mol. The molecular weight excluding hydrogens is 302 g/mol. The molecule has 1 aromatic carbocycles. The van der Waals surface area contributed by atoms with Gasteiger partial charge in [0.15, 0.2) is 0 Å². The molecule has 2 amide bonds. The molecule has 22 heavy (non-hydrogen) atoms. The highest BCUT2D eigenvalue weighted by atomic mass is 35.5. The number of hydrogen-bond acceptors (Lipinski definition) is 3. The second-order valence-corrected chi connectivity index (χ2v) is 5.10. The lowest BCUT2D eigenvalue weighted by atomic mass is 9.98. The van der Waals surface area contributed by atoms with Crippen LogP contribution in [-0.4, -0.2) is 38.0 Å². The zero-order valence-corrected chi connectivity index (χ0v) is 14.2. The molecular formula is C16H26ClN3O2. The van der Waals surface area contributed by atoms with Crippen molar-refractivity contribution in [1.82, 2.24) is 16.0 Å². The molecule has 0 saturated carbocycles. The minimum atomic E-state index is -0.514. The molecule has 1 aromatic rings. The number of nitrogens with one attached hydrogen (secondary N) is 3. The van der Waals surface area contributed by atoms with Gasteiger partial charge in [-0.3, -0.25) is 9.59 Å². The summed E-state index contributed by atoms with van der Waals surface area (Å²) in [7, 11) is 1.83. The minimum Gasteiger partial charge on any atom is -0.353 e. The Hall–Kier alpha value is -1.59. The van der Waals surface area contributed by atoms with Gasteiger partial charge in [-0.15, -0.1) is 12.4 Å². The van der Waals surface area contributed by atoms with Gasteiger partial charge in [0.05, 0.1) is 0 Å². The van der Waals surface area contributed by atoms with E-state index >= 15 is 0 Å². The van der Waals surface area contributed by atoms with E-state index in [1.165, 1.54) is 0 Å². The second-order valence-electron chi connectivity index (χ2n) is 5.10. The first kappa shape index (κ1) is 20.4. The number of likely N-dealkylation sites (N-methyl/N-ethyl adjacent to an activating group) is 1. The van der Waals surface area contributed by atoms with Crippen LogP contribution in [0.1, 0.15) is 30.6 Å². The molecule has 0 aliphatic rings. The molecule has 0 aromatic heterocycles. The van der Waals surface area contributed by atoms with E-state index in [1.54, 1.807) is 24.3 Å². The molecule has 5 nitrogen and oxygen atoms in total. The highest BCUT2D eigenvalue weighted by Gasteiger charge is 2.25. The lowest BCUT2D eigenvalue weighted by molar-refractivity contribution is -0.124. The van der Waals surface area contributed by atoms with Gasteiger partial charge in [-0.1, -0.05) is 38.5 Å². The number of rotatable bonds is 8. The topological polar surface area (TPSA) is 70.2 Å². The van der Waals surface area contributed by atoms with Crippen molar-refractivity contribution in [2.24, 2.45) is 5.92 Å². The summed E-state index contributed by atoms with van der Waals surface area (Å²) in [6.07, 6.45) is 0.819. The Labute approximate surface area is 138 Å². The van der Waals surface area contributed by atoms with Gasteiger partial charge in [0.1, 0.15) is 6.04 Å². The minimum absolute atomic E-state index is 0. The molecule has 0 radical (unpaired) electrons. The van der Waals surface area contributed by atoms with Crippen LogP contribution < -0.4 is 16.0 Å². The first-order valence-corrected chi connectivity index (χ1v) is 7.38. The van der Waals surface area contributed by atoms with E-state index in [-0.39, 0.29) is 30.1 Å². The summed E-state index contributed by atoms with van der Waals surface area (Å²) in [5, 5.41) is 8.65. The van der Waals surface area contributed by atoms with E-state index in [0.717, 1.165) is 6.42 Å². The lowest BCUT2D eigenvalue weighted by Gasteiger charge is -2.23. The highest BCUT2D eigenvalue weighted by Crippen LogP contribution is 2.09. The summed E-state index contributed by atoms with van der Waals surface area (Å²) < 4.78 is 0. The van der Waals surface area contributed by atoms with Gasteiger partial charge in [-0.25, -0.2) is 0 Å².